The third-order valence-electron chi connectivity index (χ3n) is 5.95. The summed E-state index contributed by atoms with van der Waals surface area (Å²) in [6, 6.07) is 5.70. The highest BCUT2D eigenvalue weighted by molar-refractivity contribution is 8.21. The second-order valence-electron chi connectivity index (χ2n) is 7.36. The Balaban J connectivity index is 1.50. The number of benzene rings is 1. The first kappa shape index (κ1) is 17.1. The Hall–Kier alpha value is -0.320. The summed E-state index contributed by atoms with van der Waals surface area (Å²) >= 11 is 10.5. The number of halogens is 1. The van der Waals surface area contributed by atoms with Crippen LogP contribution in [0.2, 0.25) is 5.02 Å². The summed E-state index contributed by atoms with van der Waals surface area (Å²) in [6.07, 6.45) is 6.07. The zero-order chi connectivity index (χ0) is 16.7. The van der Waals surface area contributed by atoms with Crippen molar-refractivity contribution in [2.75, 3.05) is 16.8 Å². The SMILES string of the molecule is Cc1ccc(Cl)cc1NC(=O)C1CC2CCCC(C1)C21SCCS1. The predicted octanol–water partition coefficient (Wildman–Crippen LogP) is 5.59. The molecule has 1 aromatic rings. The molecule has 2 atom stereocenters. The number of thioether (sulfide) groups is 2. The fraction of sp³-hybridized carbons (Fsp3) is 0.632. The monoisotopic (exact) mass is 381 g/mol. The van der Waals surface area contributed by atoms with E-state index < -0.39 is 0 Å². The molecule has 1 aromatic carbocycles. The summed E-state index contributed by atoms with van der Waals surface area (Å²) in [5.74, 6) is 4.34. The number of carbonyl (C=O) groups excluding carboxylic acids is 1. The molecule has 4 rings (SSSR count). The highest BCUT2D eigenvalue weighted by atomic mass is 35.5. The van der Waals surface area contributed by atoms with Crippen molar-refractivity contribution in [3.63, 3.8) is 0 Å². The summed E-state index contributed by atoms with van der Waals surface area (Å²) in [6.45, 7) is 2.02. The number of amides is 1. The lowest BCUT2D eigenvalue weighted by Crippen LogP contribution is -2.48. The van der Waals surface area contributed by atoms with Gasteiger partial charge in [0.1, 0.15) is 0 Å². The average molecular weight is 382 g/mol. The van der Waals surface area contributed by atoms with Crippen molar-refractivity contribution < 1.29 is 4.79 Å². The van der Waals surface area contributed by atoms with Crippen molar-refractivity contribution in [1.29, 1.82) is 0 Å². The van der Waals surface area contributed by atoms with Gasteiger partial charge < -0.3 is 5.32 Å². The number of nitrogens with one attached hydrogen (secondary N) is 1. The van der Waals surface area contributed by atoms with Crippen LogP contribution in [0.5, 0.6) is 0 Å². The van der Waals surface area contributed by atoms with E-state index in [1.807, 2.05) is 25.1 Å². The normalized spacial score (nSPS) is 31.2. The second kappa shape index (κ2) is 6.77. The molecule has 2 nitrogen and oxygen atoms in total. The molecule has 1 aliphatic heterocycles. The van der Waals surface area contributed by atoms with Crippen LogP contribution in [0.25, 0.3) is 0 Å². The molecule has 2 saturated carbocycles. The number of hydrogen-bond acceptors (Lipinski definition) is 3. The zero-order valence-corrected chi connectivity index (χ0v) is 16.4. The van der Waals surface area contributed by atoms with Gasteiger partial charge in [-0.2, -0.15) is 0 Å². The van der Waals surface area contributed by atoms with Gasteiger partial charge in [0.15, 0.2) is 0 Å². The number of carbonyl (C=O) groups is 1. The molecule has 130 valence electrons. The minimum absolute atomic E-state index is 0.158. The van der Waals surface area contributed by atoms with E-state index in [4.69, 9.17) is 11.6 Å². The smallest absolute Gasteiger partial charge is 0.227 e. The maximum Gasteiger partial charge on any atom is 0.227 e. The van der Waals surface area contributed by atoms with Crippen LogP contribution in [0.3, 0.4) is 0 Å². The lowest BCUT2D eigenvalue weighted by atomic mass is 9.67. The van der Waals surface area contributed by atoms with Crippen molar-refractivity contribution in [3.05, 3.63) is 28.8 Å². The van der Waals surface area contributed by atoms with Gasteiger partial charge in [0, 0.05) is 28.1 Å². The number of hydrogen-bond donors (Lipinski definition) is 1. The maximum atomic E-state index is 12.9. The van der Waals surface area contributed by atoms with Crippen LogP contribution in [0.15, 0.2) is 18.2 Å². The molecule has 1 heterocycles. The third-order valence-corrected chi connectivity index (χ3v) is 10.2. The van der Waals surface area contributed by atoms with Gasteiger partial charge in [-0.3, -0.25) is 4.79 Å². The Morgan fingerprint density at radius 2 is 1.88 bits per heavy atom. The molecule has 5 heteroatoms. The molecule has 1 saturated heterocycles. The molecule has 1 amide bonds. The van der Waals surface area contributed by atoms with Gasteiger partial charge in [-0.15, -0.1) is 23.5 Å². The lowest BCUT2D eigenvalue weighted by Gasteiger charge is -2.52. The minimum Gasteiger partial charge on any atom is -0.326 e. The minimum atomic E-state index is 0.158. The van der Waals surface area contributed by atoms with Crippen molar-refractivity contribution in [2.45, 2.75) is 43.1 Å². The van der Waals surface area contributed by atoms with E-state index in [9.17, 15) is 4.79 Å². The van der Waals surface area contributed by atoms with Crippen LogP contribution in [0.1, 0.15) is 37.7 Å². The molecule has 2 bridgehead atoms. The lowest BCUT2D eigenvalue weighted by molar-refractivity contribution is -0.122. The topological polar surface area (TPSA) is 29.1 Å². The first-order chi connectivity index (χ1) is 11.6. The predicted molar refractivity (Wildman–Crippen MR) is 106 cm³/mol. The largest absolute Gasteiger partial charge is 0.326 e. The summed E-state index contributed by atoms with van der Waals surface area (Å²) in [4.78, 5) is 12.9. The number of rotatable bonds is 2. The third kappa shape index (κ3) is 2.99. The Kier molecular flexibility index (Phi) is 4.83. The Morgan fingerprint density at radius 3 is 2.54 bits per heavy atom. The van der Waals surface area contributed by atoms with Crippen LogP contribution in [0, 0.1) is 24.7 Å². The Bertz CT molecular complexity index is 628. The molecule has 2 aliphatic carbocycles. The summed E-state index contributed by atoms with van der Waals surface area (Å²) in [5, 5.41) is 3.83. The molecular weight excluding hydrogens is 358 g/mol. The van der Waals surface area contributed by atoms with Gasteiger partial charge in [-0.25, -0.2) is 0 Å². The van der Waals surface area contributed by atoms with Crippen LogP contribution in [0.4, 0.5) is 5.69 Å². The first-order valence-electron chi connectivity index (χ1n) is 8.93. The van der Waals surface area contributed by atoms with Gasteiger partial charge >= 0.3 is 0 Å². The van der Waals surface area contributed by atoms with Crippen molar-refractivity contribution in [2.24, 2.45) is 17.8 Å². The molecule has 2 unspecified atom stereocenters. The average Bonchev–Trinajstić information content (AvgIpc) is 3.00. The van der Waals surface area contributed by atoms with Crippen molar-refractivity contribution in [1.82, 2.24) is 0 Å². The van der Waals surface area contributed by atoms with Crippen LogP contribution in [-0.2, 0) is 4.79 Å². The quantitative estimate of drug-likeness (QED) is 0.723. The summed E-state index contributed by atoms with van der Waals surface area (Å²) in [5.41, 5.74) is 1.93. The molecule has 0 radical (unpaired) electrons. The molecule has 1 spiro atoms. The van der Waals surface area contributed by atoms with Crippen LogP contribution in [-0.4, -0.2) is 21.5 Å². The van der Waals surface area contributed by atoms with E-state index in [2.05, 4.69) is 28.8 Å². The van der Waals surface area contributed by atoms with E-state index >= 15 is 0 Å². The Labute approximate surface area is 157 Å². The summed E-state index contributed by atoms with van der Waals surface area (Å²) < 4.78 is 0.432. The fourth-order valence-corrected chi connectivity index (χ4v) is 8.90. The number of aryl methyl sites for hydroxylation is 1. The van der Waals surface area contributed by atoms with Gasteiger partial charge in [0.2, 0.25) is 5.91 Å². The van der Waals surface area contributed by atoms with Crippen molar-refractivity contribution >= 4 is 46.7 Å². The fourth-order valence-electron chi connectivity index (χ4n) is 4.79. The number of anilines is 1. The highest BCUT2D eigenvalue weighted by Gasteiger charge is 2.55. The molecule has 3 fully saturated rings. The van der Waals surface area contributed by atoms with Gasteiger partial charge in [0.25, 0.3) is 0 Å². The molecule has 3 aliphatic rings. The van der Waals surface area contributed by atoms with Crippen LogP contribution < -0.4 is 5.32 Å². The van der Waals surface area contributed by atoms with E-state index in [1.54, 1.807) is 0 Å². The highest BCUT2D eigenvalue weighted by Crippen LogP contribution is 2.64. The molecule has 0 aromatic heterocycles. The first-order valence-corrected chi connectivity index (χ1v) is 11.3. The molecule has 1 N–H and O–H groups in total. The van der Waals surface area contributed by atoms with Gasteiger partial charge in [-0.1, -0.05) is 24.1 Å². The van der Waals surface area contributed by atoms with E-state index in [1.165, 1.54) is 30.8 Å². The standard InChI is InChI=1S/C19H24ClNOS2/c1-12-5-6-16(20)11-17(12)21-18(22)13-9-14-3-2-4-15(10-13)19(14)23-7-8-24-19/h5-6,11,13-15H,2-4,7-10H2,1H3,(H,21,22). The molecule has 24 heavy (non-hydrogen) atoms. The van der Waals surface area contributed by atoms with Crippen LogP contribution >= 0.6 is 35.1 Å². The van der Waals surface area contributed by atoms with Gasteiger partial charge in [-0.05, 0) is 62.1 Å². The molecular formula is C19H24ClNOS2. The zero-order valence-electron chi connectivity index (χ0n) is 14.0. The summed E-state index contributed by atoms with van der Waals surface area (Å²) in [7, 11) is 0. The van der Waals surface area contributed by atoms with E-state index in [-0.39, 0.29) is 11.8 Å². The second-order valence-corrected chi connectivity index (χ2v) is 10.8. The Morgan fingerprint density at radius 1 is 1.21 bits per heavy atom. The van der Waals surface area contributed by atoms with E-state index in [0.29, 0.717) is 20.9 Å². The van der Waals surface area contributed by atoms with Crippen molar-refractivity contribution in [3.8, 4) is 0 Å². The van der Waals surface area contributed by atoms with E-state index in [0.717, 1.165) is 24.1 Å². The van der Waals surface area contributed by atoms with Gasteiger partial charge in [0.05, 0.1) is 4.08 Å². The maximum absolute atomic E-state index is 12.9.